The summed E-state index contributed by atoms with van der Waals surface area (Å²) < 4.78 is 7.67. The third-order valence-electron chi connectivity index (χ3n) is 2.73. The van der Waals surface area contributed by atoms with Gasteiger partial charge >= 0.3 is 5.63 Å². The minimum Gasteiger partial charge on any atom is -0.423 e. The predicted molar refractivity (Wildman–Crippen MR) is 78.5 cm³/mol. The lowest BCUT2D eigenvalue weighted by Crippen LogP contribution is -2.00. The average Bonchev–Trinajstić information content (AvgIpc) is 2.80. The number of rotatable bonds is 3. The Morgan fingerprint density at radius 3 is 3.00 bits per heavy atom. The van der Waals surface area contributed by atoms with Crippen molar-refractivity contribution in [3.8, 4) is 0 Å². The molecule has 0 spiro atoms. The van der Waals surface area contributed by atoms with E-state index in [1.807, 2.05) is 12.1 Å². The first-order valence-electron chi connectivity index (χ1n) is 5.71. The number of aryl methyl sites for hydroxylation is 1. The van der Waals surface area contributed by atoms with Gasteiger partial charge in [0, 0.05) is 28.7 Å². The molecule has 1 aromatic carbocycles. The minimum absolute atomic E-state index is 0.359. The van der Waals surface area contributed by atoms with E-state index in [-0.39, 0.29) is 5.63 Å². The largest absolute Gasteiger partial charge is 0.423 e. The van der Waals surface area contributed by atoms with Gasteiger partial charge in [-0.25, -0.2) is 9.48 Å². The van der Waals surface area contributed by atoms with Crippen molar-refractivity contribution < 1.29 is 4.42 Å². The molecule has 3 rings (SSSR count). The Morgan fingerprint density at radius 2 is 2.25 bits per heavy atom. The molecule has 3 aromatic rings. The van der Waals surface area contributed by atoms with Crippen molar-refractivity contribution in [2.45, 2.75) is 10.9 Å². The summed E-state index contributed by atoms with van der Waals surface area (Å²) in [5, 5.41) is 12.9. The Kier molecular flexibility index (Phi) is 3.58. The molecule has 0 fully saturated rings. The van der Waals surface area contributed by atoms with Gasteiger partial charge in [-0.15, -0.1) is 5.10 Å². The molecule has 0 aliphatic rings. The summed E-state index contributed by atoms with van der Waals surface area (Å²) in [6, 6.07) is 7.13. The van der Waals surface area contributed by atoms with Gasteiger partial charge in [0.1, 0.15) is 5.58 Å². The Hall–Kier alpha value is -1.67. The van der Waals surface area contributed by atoms with Crippen LogP contribution in [0.5, 0.6) is 0 Å². The van der Waals surface area contributed by atoms with E-state index in [0.717, 1.165) is 15.4 Å². The van der Waals surface area contributed by atoms with Crippen LogP contribution in [0.15, 0.2) is 43.1 Å². The van der Waals surface area contributed by atoms with Gasteiger partial charge in [-0.05, 0) is 34.2 Å². The lowest BCUT2D eigenvalue weighted by Gasteiger charge is -2.04. The molecule has 0 unspecified atom stereocenters. The number of nitrogens with zero attached hydrogens (tertiary/aromatic N) is 4. The summed E-state index contributed by atoms with van der Waals surface area (Å²) in [6.07, 6.45) is 0. The number of halogens is 1. The molecule has 0 N–H and O–H groups in total. The van der Waals surface area contributed by atoms with E-state index in [4.69, 9.17) is 4.42 Å². The van der Waals surface area contributed by atoms with E-state index < -0.39 is 0 Å². The number of thioether (sulfide) groups is 1. The zero-order chi connectivity index (χ0) is 14.1. The fourth-order valence-electron chi connectivity index (χ4n) is 1.81. The van der Waals surface area contributed by atoms with Gasteiger partial charge in [0.05, 0.1) is 0 Å². The molecule has 0 saturated heterocycles. The van der Waals surface area contributed by atoms with Crippen LogP contribution < -0.4 is 5.63 Å². The van der Waals surface area contributed by atoms with Crippen molar-refractivity contribution in [1.82, 2.24) is 20.2 Å². The number of benzene rings is 1. The summed E-state index contributed by atoms with van der Waals surface area (Å²) in [7, 11) is 1.77. The molecule has 0 amide bonds. The van der Waals surface area contributed by atoms with Crippen molar-refractivity contribution in [1.29, 1.82) is 0 Å². The Bertz CT molecular complexity index is 830. The fraction of sp³-hybridized carbons (Fsp3) is 0.167. The Morgan fingerprint density at radius 1 is 1.40 bits per heavy atom. The minimum atomic E-state index is -0.359. The van der Waals surface area contributed by atoms with Gasteiger partial charge in [-0.1, -0.05) is 27.7 Å². The van der Waals surface area contributed by atoms with Gasteiger partial charge in [-0.3, -0.25) is 0 Å². The van der Waals surface area contributed by atoms with Crippen molar-refractivity contribution >= 4 is 38.7 Å². The summed E-state index contributed by atoms with van der Waals surface area (Å²) >= 11 is 4.83. The summed E-state index contributed by atoms with van der Waals surface area (Å²) in [4.78, 5) is 11.6. The molecular weight excluding hydrogens is 344 g/mol. The molecule has 20 heavy (non-hydrogen) atoms. The highest BCUT2D eigenvalue weighted by Crippen LogP contribution is 2.26. The van der Waals surface area contributed by atoms with Crippen LogP contribution in [-0.2, 0) is 12.8 Å². The molecular formula is C12H9BrN4O2S. The van der Waals surface area contributed by atoms with Crippen LogP contribution in [0.3, 0.4) is 0 Å². The third-order valence-corrected chi connectivity index (χ3v) is 4.28. The van der Waals surface area contributed by atoms with Crippen LogP contribution in [0.1, 0.15) is 5.56 Å². The number of fused-ring (bicyclic) bond motifs is 1. The first-order valence-corrected chi connectivity index (χ1v) is 7.49. The summed E-state index contributed by atoms with van der Waals surface area (Å²) in [6.45, 7) is 0. The molecule has 8 heteroatoms. The van der Waals surface area contributed by atoms with Crippen molar-refractivity contribution in [2.24, 2.45) is 7.05 Å². The van der Waals surface area contributed by atoms with Gasteiger partial charge in [-0.2, -0.15) is 0 Å². The lowest BCUT2D eigenvalue weighted by atomic mass is 10.1. The summed E-state index contributed by atoms with van der Waals surface area (Å²) in [5.41, 5.74) is 1.11. The maximum absolute atomic E-state index is 11.6. The van der Waals surface area contributed by atoms with Crippen LogP contribution in [0.25, 0.3) is 11.0 Å². The highest BCUT2D eigenvalue weighted by atomic mass is 79.9. The molecule has 0 bridgehead atoms. The summed E-state index contributed by atoms with van der Waals surface area (Å²) in [5.74, 6) is 0.595. The molecule has 2 heterocycles. The number of hydrogen-bond acceptors (Lipinski definition) is 6. The second kappa shape index (κ2) is 5.37. The van der Waals surface area contributed by atoms with Crippen LogP contribution in [0.2, 0.25) is 0 Å². The normalized spacial score (nSPS) is 11.1. The van der Waals surface area contributed by atoms with E-state index in [1.165, 1.54) is 17.8 Å². The van der Waals surface area contributed by atoms with E-state index in [9.17, 15) is 4.79 Å². The maximum atomic E-state index is 11.6. The zero-order valence-corrected chi connectivity index (χ0v) is 12.8. The first kappa shape index (κ1) is 13.3. The molecule has 6 nitrogen and oxygen atoms in total. The lowest BCUT2D eigenvalue weighted by molar-refractivity contribution is 0.559. The quantitative estimate of drug-likeness (QED) is 0.532. The molecule has 0 atom stereocenters. The highest BCUT2D eigenvalue weighted by Gasteiger charge is 2.09. The molecule has 0 aliphatic heterocycles. The fourth-order valence-corrected chi connectivity index (χ4v) is 2.99. The van der Waals surface area contributed by atoms with Crippen molar-refractivity contribution in [3.05, 3.63) is 44.7 Å². The van der Waals surface area contributed by atoms with Crippen molar-refractivity contribution in [2.75, 3.05) is 0 Å². The van der Waals surface area contributed by atoms with Gasteiger partial charge < -0.3 is 4.42 Å². The van der Waals surface area contributed by atoms with Gasteiger partial charge in [0.25, 0.3) is 0 Å². The van der Waals surface area contributed by atoms with Gasteiger partial charge in [0.2, 0.25) is 5.16 Å². The zero-order valence-electron chi connectivity index (χ0n) is 10.4. The molecule has 0 saturated carbocycles. The SMILES string of the molecule is Cn1nnnc1SCc1cc(=O)oc2cc(Br)ccc12. The molecule has 102 valence electrons. The van der Waals surface area contributed by atoms with Crippen LogP contribution >= 0.6 is 27.7 Å². The van der Waals surface area contributed by atoms with Crippen LogP contribution in [0.4, 0.5) is 0 Å². The molecule has 0 radical (unpaired) electrons. The first-order chi connectivity index (χ1) is 9.63. The van der Waals surface area contributed by atoms with Gasteiger partial charge in [0.15, 0.2) is 0 Å². The monoisotopic (exact) mass is 352 g/mol. The highest BCUT2D eigenvalue weighted by molar-refractivity contribution is 9.10. The van der Waals surface area contributed by atoms with Crippen molar-refractivity contribution in [3.63, 3.8) is 0 Å². The maximum Gasteiger partial charge on any atom is 0.336 e. The Labute approximate surface area is 126 Å². The third kappa shape index (κ3) is 2.61. The number of tetrazole rings is 1. The second-order valence-corrected chi connectivity index (χ2v) is 5.96. The second-order valence-electron chi connectivity index (χ2n) is 4.10. The number of hydrogen-bond donors (Lipinski definition) is 0. The predicted octanol–water partition coefficient (Wildman–Crippen LogP) is 2.37. The van der Waals surface area contributed by atoms with E-state index in [1.54, 1.807) is 17.8 Å². The smallest absolute Gasteiger partial charge is 0.336 e. The van der Waals surface area contributed by atoms with E-state index in [2.05, 4.69) is 31.5 Å². The van der Waals surface area contributed by atoms with E-state index >= 15 is 0 Å². The topological polar surface area (TPSA) is 73.8 Å². The average molecular weight is 353 g/mol. The molecule has 2 aromatic heterocycles. The molecule has 0 aliphatic carbocycles. The number of aromatic nitrogens is 4. The Balaban J connectivity index is 1.98. The standard InChI is InChI=1S/C12H9BrN4O2S/c1-17-12(14-15-16-17)20-6-7-4-11(18)19-10-5-8(13)2-3-9(7)10/h2-5H,6H2,1H3. The van der Waals surface area contributed by atoms with E-state index in [0.29, 0.717) is 16.5 Å². The van der Waals surface area contributed by atoms with Crippen LogP contribution in [0, 0.1) is 0 Å². The van der Waals surface area contributed by atoms with Crippen LogP contribution in [-0.4, -0.2) is 20.2 Å².